The predicted octanol–water partition coefficient (Wildman–Crippen LogP) is 3.92. The van der Waals surface area contributed by atoms with E-state index in [4.69, 9.17) is 0 Å². The van der Waals surface area contributed by atoms with Gasteiger partial charge in [-0.2, -0.15) is 0 Å². The summed E-state index contributed by atoms with van der Waals surface area (Å²) in [7, 11) is 0. The third kappa shape index (κ3) is 3.98. The van der Waals surface area contributed by atoms with Crippen LogP contribution in [0.5, 0.6) is 0 Å². The Balaban J connectivity index is 1.34. The fraction of sp³-hybridized carbons (Fsp3) is 0.238. The molecule has 0 aliphatic heterocycles. The van der Waals surface area contributed by atoms with Crippen LogP contribution in [0.25, 0.3) is 15.9 Å². The van der Waals surface area contributed by atoms with Gasteiger partial charge in [0.15, 0.2) is 5.13 Å². The summed E-state index contributed by atoms with van der Waals surface area (Å²) in [6.45, 7) is 0. The number of thiazole rings is 1. The summed E-state index contributed by atoms with van der Waals surface area (Å²) < 4.78 is 29.5. The van der Waals surface area contributed by atoms with E-state index in [1.807, 2.05) is 0 Å². The molecule has 0 saturated heterocycles. The molecule has 1 aliphatic rings. The van der Waals surface area contributed by atoms with Crippen molar-refractivity contribution in [3.63, 3.8) is 0 Å². The molecule has 2 heterocycles. The molecule has 10 heteroatoms. The smallest absolute Gasteiger partial charge is 0.253 e. The van der Waals surface area contributed by atoms with Crippen LogP contribution in [0.1, 0.15) is 29.6 Å². The van der Waals surface area contributed by atoms with Crippen molar-refractivity contribution in [3.8, 4) is 5.69 Å². The largest absolute Gasteiger partial charge is 0.357 e. The number of halogens is 2. The van der Waals surface area contributed by atoms with Crippen molar-refractivity contribution in [3.05, 3.63) is 66.0 Å². The molecule has 0 unspecified atom stereocenters. The average Bonchev–Trinajstić information content (AvgIpc) is 3.49. The maximum atomic E-state index is 13.9. The number of nitrogens with one attached hydrogen (secondary N) is 2. The highest BCUT2D eigenvalue weighted by Crippen LogP contribution is 2.30. The van der Waals surface area contributed by atoms with Crippen LogP contribution in [0.2, 0.25) is 0 Å². The van der Waals surface area contributed by atoms with E-state index in [1.54, 1.807) is 12.3 Å². The van der Waals surface area contributed by atoms with E-state index in [0.29, 0.717) is 10.8 Å². The first-order valence-corrected chi connectivity index (χ1v) is 10.7. The van der Waals surface area contributed by atoms with Gasteiger partial charge in [-0.25, -0.2) is 18.4 Å². The van der Waals surface area contributed by atoms with Crippen LogP contribution in [0, 0.1) is 11.6 Å². The van der Waals surface area contributed by atoms with Gasteiger partial charge >= 0.3 is 0 Å². The molecule has 2 aromatic carbocycles. The van der Waals surface area contributed by atoms with Crippen LogP contribution in [0.15, 0.2) is 48.8 Å². The van der Waals surface area contributed by atoms with E-state index in [2.05, 4.69) is 25.9 Å². The Morgan fingerprint density at radius 2 is 1.90 bits per heavy atom. The minimum Gasteiger partial charge on any atom is -0.357 e. The summed E-state index contributed by atoms with van der Waals surface area (Å²) in [5, 5.41) is 14.7. The van der Waals surface area contributed by atoms with Crippen LogP contribution in [0.3, 0.4) is 0 Å². The fourth-order valence-corrected chi connectivity index (χ4v) is 4.85. The van der Waals surface area contributed by atoms with Gasteiger partial charge in [0, 0.05) is 12.1 Å². The number of fused-ring (bicyclic) bond motifs is 1. The first kappa shape index (κ1) is 19.6. The van der Waals surface area contributed by atoms with E-state index in [9.17, 15) is 13.6 Å². The number of nitrogens with zero attached hydrogens (tertiary/aromatic N) is 4. The van der Waals surface area contributed by atoms with Gasteiger partial charge in [-0.05, 0) is 55.7 Å². The SMILES string of the molecule is O=C(N[C@H]1CCC[C@H]1Nc1nc2ccc(F)cc2s1)c1cc(F)ccc1-n1ccnn1. The average molecular weight is 440 g/mol. The Morgan fingerprint density at radius 1 is 1.10 bits per heavy atom. The van der Waals surface area contributed by atoms with Crippen LogP contribution in [-0.2, 0) is 0 Å². The quantitative estimate of drug-likeness (QED) is 0.491. The number of hydrogen-bond donors (Lipinski definition) is 2. The molecule has 0 spiro atoms. The zero-order valence-electron chi connectivity index (χ0n) is 16.3. The summed E-state index contributed by atoms with van der Waals surface area (Å²) in [6, 6.07) is 8.30. The predicted molar refractivity (Wildman–Crippen MR) is 113 cm³/mol. The molecule has 0 bridgehead atoms. The minimum atomic E-state index is -0.503. The monoisotopic (exact) mass is 440 g/mol. The molecular formula is C21H18F2N6OS. The number of benzene rings is 2. The van der Waals surface area contributed by atoms with E-state index in [1.165, 1.54) is 52.5 Å². The Labute approximate surface area is 180 Å². The lowest BCUT2D eigenvalue weighted by Gasteiger charge is -2.22. The zero-order chi connectivity index (χ0) is 21.4. The molecule has 158 valence electrons. The van der Waals surface area contributed by atoms with Gasteiger partial charge in [0.2, 0.25) is 0 Å². The van der Waals surface area contributed by atoms with Crippen molar-refractivity contribution >= 4 is 32.6 Å². The molecule has 1 saturated carbocycles. The maximum Gasteiger partial charge on any atom is 0.253 e. The lowest BCUT2D eigenvalue weighted by Crippen LogP contribution is -2.43. The summed E-state index contributed by atoms with van der Waals surface area (Å²) in [4.78, 5) is 17.5. The number of anilines is 1. The third-order valence-electron chi connectivity index (χ3n) is 5.36. The molecule has 5 rings (SSSR count). The Bertz CT molecular complexity index is 1240. The minimum absolute atomic E-state index is 0.0299. The summed E-state index contributed by atoms with van der Waals surface area (Å²) in [5.74, 6) is -1.18. The fourth-order valence-electron chi connectivity index (χ4n) is 3.90. The van der Waals surface area contributed by atoms with Crippen molar-refractivity contribution in [2.45, 2.75) is 31.3 Å². The van der Waals surface area contributed by atoms with Crippen molar-refractivity contribution in [2.24, 2.45) is 0 Å². The highest BCUT2D eigenvalue weighted by atomic mass is 32.1. The van der Waals surface area contributed by atoms with E-state index < -0.39 is 5.82 Å². The number of amides is 1. The standard InChI is InChI=1S/C21H18F2N6OS/c22-12-5-7-18(29-9-8-24-28-29)14(10-12)20(30)25-15-2-1-3-16(15)26-21-27-17-6-4-13(23)11-19(17)31-21/h4-11,15-16H,1-3H2,(H,25,30)(H,26,27)/t15-,16+/m0/s1. The third-order valence-corrected chi connectivity index (χ3v) is 6.31. The molecule has 4 aromatic rings. The van der Waals surface area contributed by atoms with Gasteiger partial charge in [0.25, 0.3) is 5.91 Å². The summed E-state index contributed by atoms with van der Waals surface area (Å²) in [5.41, 5.74) is 1.36. The molecule has 7 nitrogen and oxygen atoms in total. The highest BCUT2D eigenvalue weighted by molar-refractivity contribution is 7.22. The van der Waals surface area contributed by atoms with Crippen LogP contribution in [-0.4, -0.2) is 38.0 Å². The number of rotatable bonds is 5. The summed E-state index contributed by atoms with van der Waals surface area (Å²) >= 11 is 1.38. The van der Waals surface area contributed by atoms with E-state index >= 15 is 0 Å². The second kappa shape index (κ2) is 8.03. The molecule has 1 aliphatic carbocycles. The normalized spacial score (nSPS) is 18.4. The molecule has 0 radical (unpaired) electrons. The molecule has 2 N–H and O–H groups in total. The Kier molecular flexibility index (Phi) is 5.06. The second-order valence-corrected chi connectivity index (χ2v) is 8.43. The van der Waals surface area contributed by atoms with Gasteiger partial charge in [-0.1, -0.05) is 16.6 Å². The van der Waals surface area contributed by atoms with E-state index in [0.717, 1.165) is 29.5 Å². The van der Waals surface area contributed by atoms with Crippen molar-refractivity contribution < 1.29 is 13.6 Å². The van der Waals surface area contributed by atoms with Crippen LogP contribution < -0.4 is 10.6 Å². The van der Waals surface area contributed by atoms with Gasteiger partial charge in [-0.15, -0.1) is 5.10 Å². The molecule has 1 fully saturated rings. The van der Waals surface area contributed by atoms with Gasteiger partial charge in [0.1, 0.15) is 11.6 Å². The Hall–Kier alpha value is -3.40. The van der Waals surface area contributed by atoms with E-state index in [-0.39, 0.29) is 29.4 Å². The molecule has 2 atom stereocenters. The number of carbonyl (C=O) groups is 1. The molecular weight excluding hydrogens is 422 g/mol. The first-order chi connectivity index (χ1) is 15.1. The van der Waals surface area contributed by atoms with Crippen molar-refractivity contribution in [2.75, 3.05) is 5.32 Å². The Morgan fingerprint density at radius 3 is 2.74 bits per heavy atom. The molecule has 31 heavy (non-hydrogen) atoms. The van der Waals surface area contributed by atoms with Gasteiger partial charge in [-0.3, -0.25) is 4.79 Å². The van der Waals surface area contributed by atoms with Gasteiger partial charge < -0.3 is 10.6 Å². The van der Waals surface area contributed by atoms with Crippen LogP contribution >= 0.6 is 11.3 Å². The zero-order valence-corrected chi connectivity index (χ0v) is 17.1. The first-order valence-electron chi connectivity index (χ1n) is 9.86. The van der Waals surface area contributed by atoms with Gasteiger partial charge in [0.05, 0.1) is 33.9 Å². The molecule has 2 aromatic heterocycles. The second-order valence-electron chi connectivity index (χ2n) is 7.40. The highest BCUT2D eigenvalue weighted by Gasteiger charge is 2.30. The summed E-state index contributed by atoms with van der Waals surface area (Å²) in [6.07, 6.45) is 5.66. The lowest BCUT2D eigenvalue weighted by atomic mass is 10.1. The number of carbonyl (C=O) groups excluding carboxylic acids is 1. The topological polar surface area (TPSA) is 84.7 Å². The van der Waals surface area contributed by atoms with Crippen molar-refractivity contribution in [1.82, 2.24) is 25.3 Å². The molecule has 1 amide bonds. The maximum absolute atomic E-state index is 13.9. The lowest BCUT2D eigenvalue weighted by molar-refractivity contribution is 0.0935. The van der Waals surface area contributed by atoms with Crippen LogP contribution in [0.4, 0.5) is 13.9 Å². The number of hydrogen-bond acceptors (Lipinski definition) is 6. The number of aromatic nitrogens is 4. The van der Waals surface area contributed by atoms with Crippen molar-refractivity contribution in [1.29, 1.82) is 0 Å².